The van der Waals surface area contributed by atoms with Gasteiger partial charge in [0.1, 0.15) is 0 Å². The van der Waals surface area contributed by atoms with Crippen molar-refractivity contribution >= 4 is 0 Å². The number of benzene rings is 1. The molecular formula is C15H20O. The third kappa shape index (κ3) is 1.27. The van der Waals surface area contributed by atoms with E-state index in [9.17, 15) is 5.11 Å². The van der Waals surface area contributed by atoms with Crippen molar-refractivity contribution < 1.29 is 5.11 Å². The molecule has 0 bridgehead atoms. The van der Waals surface area contributed by atoms with E-state index >= 15 is 0 Å². The summed E-state index contributed by atoms with van der Waals surface area (Å²) in [5, 5.41) is 10.8. The summed E-state index contributed by atoms with van der Waals surface area (Å²) in [5.41, 5.74) is 0.999. The Labute approximate surface area is 97.5 Å². The van der Waals surface area contributed by atoms with Gasteiger partial charge in [-0.2, -0.15) is 0 Å². The fraction of sp³-hybridized carbons (Fsp3) is 0.600. The van der Waals surface area contributed by atoms with Gasteiger partial charge in [-0.15, -0.1) is 0 Å². The quantitative estimate of drug-likeness (QED) is 0.762. The van der Waals surface area contributed by atoms with Crippen LogP contribution < -0.4 is 0 Å². The summed E-state index contributed by atoms with van der Waals surface area (Å²) in [6.45, 7) is 2.36. The number of hydrogen-bond acceptors (Lipinski definition) is 1. The van der Waals surface area contributed by atoms with Gasteiger partial charge in [-0.25, -0.2) is 0 Å². The first kappa shape index (κ1) is 10.3. The second-order valence-electron chi connectivity index (χ2n) is 5.92. The standard InChI is InChI=1S/C15H20O/c1-14-10-6-5-9-13(14)15(16,11-14)12-7-3-2-4-8-12/h2-4,7-8,13,16H,5-6,9-11H2,1H3/t13-,14-,15-/m0/s1. The molecule has 0 amide bonds. The number of rotatable bonds is 1. The van der Waals surface area contributed by atoms with Crippen molar-refractivity contribution in [3.8, 4) is 0 Å². The molecule has 3 rings (SSSR count). The molecule has 2 fully saturated rings. The molecule has 1 N–H and O–H groups in total. The maximum Gasteiger partial charge on any atom is 0.0935 e. The van der Waals surface area contributed by atoms with E-state index in [1.807, 2.05) is 18.2 Å². The van der Waals surface area contributed by atoms with Gasteiger partial charge in [0.05, 0.1) is 5.60 Å². The van der Waals surface area contributed by atoms with Crippen molar-refractivity contribution in [2.45, 2.75) is 44.6 Å². The average Bonchev–Trinajstić information content (AvgIpc) is 2.29. The molecule has 3 atom stereocenters. The molecule has 2 aliphatic carbocycles. The van der Waals surface area contributed by atoms with Crippen LogP contribution in [0.4, 0.5) is 0 Å². The molecule has 86 valence electrons. The van der Waals surface area contributed by atoms with Crippen LogP contribution in [0, 0.1) is 11.3 Å². The molecule has 0 saturated heterocycles. The summed E-state index contributed by atoms with van der Waals surface area (Å²) in [7, 11) is 0. The summed E-state index contributed by atoms with van der Waals surface area (Å²) >= 11 is 0. The summed E-state index contributed by atoms with van der Waals surface area (Å²) < 4.78 is 0. The van der Waals surface area contributed by atoms with Crippen LogP contribution in [0.25, 0.3) is 0 Å². The first-order valence-electron chi connectivity index (χ1n) is 6.43. The van der Waals surface area contributed by atoms with E-state index in [2.05, 4.69) is 19.1 Å². The van der Waals surface area contributed by atoms with E-state index in [0.717, 1.165) is 12.0 Å². The molecule has 1 aromatic carbocycles. The normalized spacial score (nSPS) is 42.2. The van der Waals surface area contributed by atoms with Gasteiger partial charge in [0.25, 0.3) is 0 Å². The van der Waals surface area contributed by atoms with Gasteiger partial charge in [-0.05, 0) is 36.2 Å². The van der Waals surface area contributed by atoms with Crippen molar-refractivity contribution in [1.29, 1.82) is 0 Å². The van der Waals surface area contributed by atoms with Crippen LogP contribution in [0.1, 0.15) is 44.6 Å². The zero-order chi connectivity index (χ0) is 11.2. The van der Waals surface area contributed by atoms with Crippen LogP contribution in [-0.4, -0.2) is 5.11 Å². The highest BCUT2D eigenvalue weighted by Crippen LogP contribution is 2.64. The summed E-state index contributed by atoms with van der Waals surface area (Å²) in [6.07, 6.45) is 6.08. The van der Waals surface area contributed by atoms with Crippen LogP contribution in [0.2, 0.25) is 0 Å². The minimum absolute atomic E-state index is 0.406. The molecule has 1 heteroatoms. The Balaban J connectivity index is 1.92. The van der Waals surface area contributed by atoms with Gasteiger partial charge in [-0.3, -0.25) is 0 Å². The summed E-state index contributed by atoms with van der Waals surface area (Å²) in [4.78, 5) is 0. The SMILES string of the molecule is C[C@@]12CCCC[C@@H]1[C@@](O)(c1ccccc1)C2. The zero-order valence-electron chi connectivity index (χ0n) is 9.95. The van der Waals surface area contributed by atoms with Crippen molar-refractivity contribution in [2.75, 3.05) is 0 Å². The highest BCUT2D eigenvalue weighted by Gasteiger charge is 2.60. The minimum Gasteiger partial charge on any atom is -0.385 e. The van der Waals surface area contributed by atoms with Crippen LogP contribution in [-0.2, 0) is 5.60 Å². The molecule has 0 unspecified atom stereocenters. The maximum atomic E-state index is 10.8. The third-order valence-corrected chi connectivity index (χ3v) is 4.86. The van der Waals surface area contributed by atoms with E-state index in [1.165, 1.54) is 25.7 Å². The fourth-order valence-electron chi connectivity index (χ4n) is 4.06. The van der Waals surface area contributed by atoms with Crippen LogP contribution in [0.5, 0.6) is 0 Å². The predicted octanol–water partition coefficient (Wildman–Crippen LogP) is 3.47. The van der Waals surface area contributed by atoms with Crippen LogP contribution in [0.3, 0.4) is 0 Å². The van der Waals surface area contributed by atoms with Gasteiger partial charge >= 0.3 is 0 Å². The molecule has 0 radical (unpaired) electrons. The highest BCUT2D eigenvalue weighted by molar-refractivity contribution is 5.29. The highest BCUT2D eigenvalue weighted by atomic mass is 16.3. The molecule has 16 heavy (non-hydrogen) atoms. The number of aliphatic hydroxyl groups is 1. The lowest BCUT2D eigenvalue weighted by Crippen LogP contribution is -2.59. The first-order valence-corrected chi connectivity index (χ1v) is 6.43. The topological polar surface area (TPSA) is 20.2 Å². The lowest BCUT2D eigenvalue weighted by molar-refractivity contribution is -0.212. The van der Waals surface area contributed by atoms with E-state index < -0.39 is 5.60 Å². The Bertz CT molecular complexity index is 386. The molecule has 0 aliphatic heterocycles. The number of hydrogen-bond donors (Lipinski definition) is 1. The average molecular weight is 216 g/mol. The van der Waals surface area contributed by atoms with Crippen molar-refractivity contribution in [3.63, 3.8) is 0 Å². The predicted molar refractivity (Wildman–Crippen MR) is 65.0 cm³/mol. The largest absolute Gasteiger partial charge is 0.385 e. The van der Waals surface area contributed by atoms with Crippen molar-refractivity contribution in [2.24, 2.45) is 11.3 Å². The Morgan fingerprint density at radius 2 is 1.94 bits per heavy atom. The smallest absolute Gasteiger partial charge is 0.0935 e. The molecule has 1 aromatic rings. The van der Waals surface area contributed by atoms with Crippen LogP contribution in [0.15, 0.2) is 30.3 Å². The van der Waals surface area contributed by atoms with E-state index in [1.54, 1.807) is 0 Å². The fourth-order valence-corrected chi connectivity index (χ4v) is 4.06. The molecule has 0 spiro atoms. The summed E-state index contributed by atoms with van der Waals surface area (Å²) in [6, 6.07) is 10.2. The Morgan fingerprint density at radius 3 is 2.62 bits per heavy atom. The Hall–Kier alpha value is -0.820. The number of fused-ring (bicyclic) bond motifs is 1. The van der Waals surface area contributed by atoms with Gasteiger partial charge in [0.15, 0.2) is 0 Å². The monoisotopic (exact) mass is 216 g/mol. The van der Waals surface area contributed by atoms with E-state index in [-0.39, 0.29) is 0 Å². The van der Waals surface area contributed by atoms with Gasteiger partial charge < -0.3 is 5.11 Å². The van der Waals surface area contributed by atoms with E-state index in [0.29, 0.717) is 11.3 Å². The second kappa shape index (κ2) is 3.33. The molecule has 2 aliphatic rings. The first-order chi connectivity index (χ1) is 7.65. The molecule has 0 aromatic heterocycles. The van der Waals surface area contributed by atoms with Gasteiger partial charge in [0.2, 0.25) is 0 Å². The van der Waals surface area contributed by atoms with Gasteiger partial charge in [0, 0.05) is 0 Å². The van der Waals surface area contributed by atoms with Crippen LogP contribution >= 0.6 is 0 Å². The van der Waals surface area contributed by atoms with Crippen molar-refractivity contribution in [1.82, 2.24) is 0 Å². The molecule has 0 heterocycles. The molecule has 1 nitrogen and oxygen atoms in total. The lowest BCUT2D eigenvalue weighted by Gasteiger charge is -2.61. The second-order valence-corrected chi connectivity index (χ2v) is 5.92. The minimum atomic E-state index is -0.531. The summed E-state index contributed by atoms with van der Waals surface area (Å²) in [5.74, 6) is 0.483. The molecule has 2 saturated carbocycles. The lowest BCUT2D eigenvalue weighted by atomic mass is 9.45. The third-order valence-electron chi connectivity index (χ3n) is 4.86. The Morgan fingerprint density at radius 1 is 1.19 bits per heavy atom. The molecular weight excluding hydrogens is 196 g/mol. The maximum absolute atomic E-state index is 10.8. The van der Waals surface area contributed by atoms with Crippen molar-refractivity contribution in [3.05, 3.63) is 35.9 Å². The zero-order valence-corrected chi connectivity index (χ0v) is 9.95. The van der Waals surface area contributed by atoms with Gasteiger partial charge in [-0.1, -0.05) is 50.1 Å². The van der Waals surface area contributed by atoms with E-state index in [4.69, 9.17) is 0 Å². The Kier molecular flexibility index (Phi) is 2.16.